The molecule has 0 aliphatic heterocycles. The molecule has 3 nitrogen and oxygen atoms in total. The molecule has 1 amide bonds. The van der Waals surface area contributed by atoms with Gasteiger partial charge in [-0.15, -0.1) is 11.8 Å². The molecular weight excluding hydrogens is 264 g/mol. The first-order chi connectivity index (χ1) is 8.74. The summed E-state index contributed by atoms with van der Waals surface area (Å²) in [6.07, 6.45) is 3.68. The molecule has 0 aliphatic rings. The molecule has 92 valence electrons. The van der Waals surface area contributed by atoms with Crippen molar-refractivity contribution in [3.8, 4) is 0 Å². The minimum absolute atomic E-state index is 0.184. The van der Waals surface area contributed by atoms with Gasteiger partial charge in [-0.2, -0.15) is 0 Å². The van der Waals surface area contributed by atoms with Crippen molar-refractivity contribution in [2.24, 2.45) is 0 Å². The lowest BCUT2D eigenvalue weighted by Gasteiger charge is -2.00. The minimum atomic E-state index is -0.184. The molecule has 0 radical (unpaired) electrons. The Morgan fingerprint density at radius 1 is 1.44 bits per heavy atom. The van der Waals surface area contributed by atoms with Crippen LogP contribution in [0.25, 0.3) is 17.0 Å². The number of H-pyrrole nitrogens is 1. The van der Waals surface area contributed by atoms with Gasteiger partial charge in [-0.1, -0.05) is 30.4 Å². The van der Waals surface area contributed by atoms with Crippen LogP contribution in [0.3, 0.4) is 0 Å². The number of thiocarbonyl (C=S) groups is 1. The molecule has 0 unspecified atom stereocenters. The van der Waals surface area contributed by atoms with E-state index in [0.717, 1.165) is 16.6 Å². The number of nitrogens with one attached hydrogen (secondary N) is 2. The number of amides is 1. The van der Waals surface area contributed by atoms with Crippen LogP contribution in [0.2, 0.25) is 0 Å². The zero-order valence-electron chi connectivity index (χ0n) is 9.77. The fourth-order valence-electron chi connectivity index (χ4n) is 1.66. The van der Waals surface area contributed by atoms with Crippen LogP contribution in [0.1, 0.15) is 5.69 Å². The predicted molar refractivity (Wildman–Crippen MR) is 81.6 cm³/mol. The maximum Gasteiger partial charge on any atom is 0.262 e. The first-order valence-corrected chi connectivity index (χ1v) is 7.02. The standard InChI is InChI=1S/C13H12N2OS2/c1-18-12(13(16)14-8-17)7-10-6-9-4-2-3-5-11(9)15-10/h2-8,15H,1H3,(H,14,16,17)/b12-7-. The molecule has 0 saturated heterocycles. The number of carbonyl (C=O) groups is 1. The van der Waals surface area contributed by atoms with E-state index in [2.05, 4.69) is 22.5 Å². The Hall–Kier alpha value is -1.59. The van der Waals surface area contributed by atoms with Crippen LogP contribution in [-0.2, 0) is 4.79 Å². The SMILES string of the molecule is CS/C(=C\c1cc2ccccc2[nH]1)C(=O)NC=S. The maximum atomic E-state index is 11.7. The summed E-state index contributed by atoms with van der Waals surface area (Å²) < 4.78 is 0. The molecule has 1 aromatic heterocycles. The molecule has 2 aromatic rings. The van der Waals surface area contributed by atoms with Crippen LogP contribution in [0.15, 0.2) is 35.2 Å². The Morgan fingerprint density at radius 2 is 2.22 bits per heavy atom. The highest BCUT2D eigenvalue weighted by molar-refractivity contribution is 8.03. The Balaban J connectivity index is 2.34. The van der Waals surface area contributed by atoms with Gasteiger partial charge in [0.25, 0.3) is 5.91 Å². The molecule has 0 atom stereocenters. The summed E-state index contributed by atoms with van der Waals surface area (Å²) >= 11 is 6.00. The average molecular weight is 276 g/mol. The van der Waals surface area contributed by atoms with Gasteiger partial charge >= 0.3 is 0 Å². The first-order valence-electron chi connectivity index (χ1n) is 5.32. The summed E-state index contributed by atoms with van der Waals surface area (Å²) in [6.45, 7) is 0. The van der Waals surface area contributed by atoms with Gasteiger partial charge < -0.3 is 10.3 Å². The molecular formula is C13H12N2OS2. The van der Waals surface area contributed by atoms with Gasteiger partial charge in [0.15, 0.2) is 0 Å². The van der Waals surface area contributed by atoms with E-state index in [9.17, 15) is 4.79 Å². The molecule has 2 N–H and O–H groups in total. The first kappa shape index (κ1) is 12.9. The highest BCUT2D eigenvalue weighted by atomic mass is 32.2. The third kappa shape index (κ3) is 2.80. The molecule has 0 saturated carbocycles. The van der Waals surface area contributed by atoms with E-state index in [0.29, 0.717) is 4.91 Å². The van der Waals surface area contributed by atoms with Gasteiger partial charge in [-0.05, 0) is 29.9 Å². The van der Waals surface area contributed by atoms with Crippen molar-refractivity contribution in [1.29, 1.82) is 0 Å². The van der Waals surface area contributed by atoms with Gasteiger partial charge in [-0.3, -0.25) is 4.79 Å². The highest BCUT2D eigenvalue weighted by Gasteiger charge is 2.07. The number of hydrogen-bond donors (Lipinski definition) is 2. The number of carbonyl (C=O) groups excluding carboxylic acids is 1. The summed E-state index contributed by atoms with van der Waals surface area (Å²) in [5.74, 6) is -0.184. The Kier molecular flexibility index (Phi) is 4.17. The Labute approximate surface area is 115 Å². The van der Waals surface area contributed by atoms with Crippen LogP contribution >= 0.6 is 24.0 Å². The second kappa shape index (κ2) is 5.84. The number of hydrogen-bond acceptors (Lipinski definition) is 3. The third-order valence-electron chi connectivity index (χ3n) is 2.47. The summed E-state index contributed by atoms with van der Waals surface area (Å²) in [4.78, 5) is 15.5. The molecule has 18 heavy (non-hydrogen) atoms. The summed E-state index contributed by atoms with van der Waals surface area (Å²) in [5, 5.41) is 3.62. The van der Waals surface area contributed by atoms with E-state index >= 15 is 0 Å². The maximum absolute atomic E-state index is 11.7. The summed E-state index contributed by atoms with van der Waals surface area (Å²) in [5.41, 5.74) is 3.18. The fourth-order valence-corrected chi connectivity index (χ4v) is 2.25. The Bertz CT molecular complexity index is 583. The zero-order chi connectivity index (χ0) is 13.0. The van der Waals surface area contributed by atoms with E-state index < -0.39 is 0 Å². The van der Waals surface area contributed by atoms with Gasteiger partial charge in [0.2, 0.25) is 0 Å². The smallest absolute Gasteiger partial charge is 0.262 e. The van der Waals surface area contributed by atoms with Crippen molar-refractivity contribution in [1.82, 2.24) is 10.3 Å². The van der Waals surface area contributed by atoms with E-state index in [-0.39, 0.29) is 5.91 Å². The van der Waals surface area contributed by atoms with Crippen LogP contribution in [0.4, 0.5) is 0 Å². The lowest BCUT2D eigenvalue weighted by Crippen LogP contribution is -2.20. The summed E-state index contributed by atoms with van der Waals surface area (Å²) in [7, 11) is 0. The fraction of sp³-hybridized carbons (Fsp3) is 0.0769. The average Bonchev–Trinajstić information content (AvgIpc) is 2.78. The molecule has 0 bridgehead atoms. The minimum Gasteiger partial charge on any atom is -0.355 e. The zero-order valence-corrected chi connectivity index (χ0v) is 11.4. The molecule has 2 rings (SSSR count). The number of fused-ring (bicyclic) bond motifs is 1. The second-order valence-electron chi connectivity index (χ2n) is 3.62. The normalized spacial score (nSPS) is 11.5. The van der Waals surface area contributed by atoms with Crippen molar-refractivity contribution < 1.29 is 4.79 Å². The van der Waals surface area contributed by atoms with Gasteiger partial charge in [0.1, 0.15) is 0 Å². The predicted octanol–water partition coefficient (Wildman–Crippen LogP) is 2.95. The lowest BCUT2D eigenvalue weighted by molar-refractivity contribution is -0.115. The third-order valence-corrected chi connectivity index (χ3v) is 3.33. The molecule has 1 heterocycles. The monoisotopic (exact) mass is 276 g/mol. The van der Waals surface area contributed by atoms with Crippen LogP contribution in [0, 0.1) is 0 Å². The second-order valence-corrected chi connectivity index (χ2v) is 4.70. The number of thioether (sulfide) groups is 1. The molecule has 5 heteroatoms. The van der Waals surface area contributed by atoms with Crippen molar-refractivity contribution in [3.63, 3.8) is 0 Å². The number of rotatable bonds is 4. The number of benzene rings is 1. The van der Waals surface area contributed by atoms with Gasteiger partial charge in [0.05, 0.1) is 10.4 Å². The van der Waals surface area contributed by atoms with E-state index in [1.807, 2.05) is 42.7 Å². The highest BCUT2D eigenvalue weighted by Crippen LogP contribution is 2.20. The van der Waals surface area contributed by atoms with E-state index in [4.69, 9.17) is 0 Å². The molecule has 0 spiro atoms. The van der Waals surface area contributed by atoms with E-state index in [1.165, 1.54) is 17.3 Å². The quantitative estimate of drug-likeness (QED) is 0.666. The summed E-state index contributed by atoms with van der Waals surface area (Å²) in [6, 6.07) is 10.00. The van der Waals surface area contributed by atoms with Crippen LogP contribution in [0.5, 0.6) is 0 Å². The van der Waals surface area contributed by atoms with Gasteiger partial charge in [-0.25, -0.2) is 0 Å². The number of aromatic amines is 1. The van der Waals surface area contributed by atoms with Crippen molar-refractivity contribution in [3.05, 3.63) is 40.9 Å². The van der Waals surface area contributed by atoms with Crippen molar-refractivity contribution >= 4 is 52.4 Å². The van der Waals surface area contributed by atoms with Crippen molar-refractivity contribution in [2.45, 2.75) is 0 Å². The number of aromatic nitrogens is 1. The van der Waals surface area contributed by atoms with Crippen LogP contribution < -0.4 is 5.32 Å². The Morgan fingerprint density at radius 3 is 2.89 bits per heavy atom. The molecule has 0 fully saturated rings. The van der Waals surface area contributed by atoms with Crippen molar-refractivity contribution in [2.75, 3.05) is 6.26 Å². The molecule has 1 aromatic carbocycles. The lowest BCUT2D eigenvalue weighted by atomic mass is 10.2. The largest absolute Gasteiger partial charge is 0.355 e. The topological polar surface area (TPSA) is 44.9 Å². The van der Waals surface area contributed by atoms with E-state index in [1.54, 1.807) is 0 Å². The van der Waals surface area contributed by atoms with Gasteiger partial charge in [0, 0.05) is 11.2 Å². The molecule has 0 aliphatic carbocycles. The number of para-hydroxylation sites is 1. The van der Waals surface area contributed by atoms with Crippen LogP contribution in [-0.4, -0.2) is 22.6 Å².